The Morgan fingerprint density at radius 3 is 2.08 bits per heavy atom. The molecule has 0 heterocycles. The Morgan fingerprint density at radius 1 is 1.00 bits per heavy atom. The van der Waals surface area contributed by atoms with Gasteiger partial charge in [-0.25, -0.2) is 0 Å². The number of nitrogens with one attached hydrogen (secondary N) is 1. The van der Waals surface area contributed by atoms with E-state index in [1.165, 1.54) is 38.5 Å². The van der Waals surface area contributed by atoms with E-state index < -0.39 is 0 Å². The average molecular weight is 167 g/mol. The molecule has 2 saturated carbocycles. The molecule has 12 heavy (non-hydrogen) atoms. The van der Waals surface area contributed by atoms with Gasteiger partial charge in [0.15, 0.2) is 0 Å². The summed E-state index contributed by atoms with van der Waals surface area (Å²) >= 11 is 0. The lowest BCUT2D eigenvalue weighted by Gasteiger charge is -2.30. The van der Waals surface area contributed by atoms with E-state index in [-0.39, 0.29) is 0 Å². The molecule has 1 N–H and O–H groups in total. The van der Waals surface area contributed by atoms with Gasteiger partial charge in [-0.2, -0.15) is 0 Å². The summed E-state index contributed by atoms with van der Waals surface area (Å²) < 4.78 is 0. The predicted octanol–water partition coefficient (Wildman–Crippen LogP) is 2.71. The van der Waals surface area contributed by atoms with Crippen molar-refractivity contribution in [1.82, 2.24) is 5.32 Å². The second kappa shape index (κ2) is 3.02. The van der Waals surface area contributed by atoms with Crippen LogP contribution < -0.4 is 5.32 Å². The standard InChI is InChI=1S/C11H21N/c1-11(2,9-7-8-9)12-10-5-3-4-6-10/h9-10,12H,3-8H2,1-2H3. The zero-order chi connectivity index (χ0) is 8.60. The van der Waals surface area contributed by atoms with Gasteiger partial charge in [-0.1, -0.05) is 12.8 Å². The lowest BCUT2D eigenvalue weighted by atomic mass is 9.97. The third-order valence-corrected chi connectivity index (χ3v) is 3.53. The molecule has 0 amide bonds. The van der Waals surface area contributed by atoms with Crippen molar-refractivity contribution in [3.05, 3.63) is 0 Å². The minimum Gasteiger partial charge on any atom is -0.309 e. The lowest BCUT2D eigenvalue weighted by Crippen LogP contribution is -2.46. The summed E-state index contributed by atoms with van der Waals surface area (Å²) in [6, 6.07) is 0.834. The molecule has 0 aromatic heterocycles. The third-order valence-electron chi connectivity index (χ3n) is 3.53. The molecular weight excluding hydrogens is 146 g/mol. The van der Waals surface area contributed by atoms with Crippen LogP contribution in [0.1, 0.15) is 52.4 Å². The first-order valence-corrected chi connectivity index (χ1v) is 5.46. The van der Waals surface area contributed by atoms with Crippen LogP contribution >= 0.6 is 0 Å². The van der Waals surface area contributed by atoms with E-state index in [2.05, 4.69) is 19.2 Å². The van der Waals surface area contributed by atoms with Gasteiger partial charge in [-0.15, -0.1) is 0 Å². The number of hydrogen-bond acceptors (Lipinski definition) is 1. The zero-order valence-corrected chi connectivity index (χ0v) is 8.40. The highest BCUT2D eigenvalue weighted by Crippen LogP contribution is 2.40. The first-order chi connectivity index (χ1) is 5.68. The molecule has 0 aromatic rings. The second-order valence-corrected chi connectivity index (χ2v) is 5.12. The van der Waals surface area contributed by atoms with E-state index in [9.17, 15) is 0 Å². The maximum Gasteiger partial charge on any atom is 0.0155 e. The molecule has 0 spiro atoms. The van der Waals surface area contributed by atoms with Crippen LogP contribution in [0.15, 0.2) is 0 Å². The van der Waals surface area contributed by atoms with Gasteiger partial charge in [-0.3, -0.25) is 0 Å². The van der Waals surface area contributed by atoms with Crippen molar-refractivity contribution < 1.29 is 0 Å². The minimum absolute atomic E-state index is 0.426. The van der Waals surface area contributed by atoms with E-state index >= 15 is 0 Å². The van der Waals surface area contributed by atoms with Crippen LogP contribution in [0.4, 0.5) is 0 Å². The van der Waals surface area contributed by atoms with Gasteiger partial charge in [0.2, 0.25) is 0 Å². The van der Waals surface area contributed by atoms with E-state index in [1.807, 2.05) is 0 Å². The topological polar surface area (TPSA) is 12.0 Å². The number of rotatable bonds is 3. The molecule has 0 saturated heterocycles. The maximum atomic E-state index is 3.82. The van der Waals surface area contributed by atoms with Gasteiger partial charge in [0, 0.05) is 11.6 Å². The molecule has 0 atom stereocenters. The van der Waals surface area contributed by atoms with Crippen molar-refractivity contribution in [2.75, 3.05) is 0 Å². The van der Waals surface area contributed by atoms with Gasteiger partial charge < -0.3 is 5.32 Å². The molecule has 1 nitrogen and oxygen atoms in total. The van der Waals surface area contributed by atoms with Crippen molar-refractivity contribution in [1.29, 1.82) is 0 Å². The van der Waals surface area contributed by atoms with Crippen LogP contribution in [-0.4, -0.2) is 11.6 Å². The zero-order valence-electron chi connectivity index (χ0n) is 8.40. The molecule has 0 radical (unpaired) electrons. The van der Waals surface area contributed by atoms with Gasteiger partial charge >= 0.3 is 0 Å². The molecule has 0 bridgehead atoms. The smallest absolute Gasteiger partial charge is 0.0155 e. The summed E-state index contributed by atoms with van der Waals surface area (Å²) in [5, 5.41) is 3.82. The molecular formula is C11H21N. The summed E-state index contributed by atoms with van der Waals surface area (Å²) in [5.74, 6) is 0.970. The van der Waals surface area contributed by atoms with Crippen LogP contribution in [-0.2, 0) is 0 Å². The molecule has 0 unspecified atom stereocenters. The predicted molar refractivity (Wildman–Crippen MR) is 52.2 cm³/mol. The molecule has 1 heteroatoms. The van der Waals surface area contributed by atoms with Crippen molar-refractivity contribution in [3.63, 3.8) is 0 Å². The minimum atomic E-state index is 0.426. The highest BCUT2D eigenvalue weighted by atomic mass is 15.0. The van der Waals surface area contributed by atoms with E-state index in [0.29, 0.717) is 5.54 Å². The van der Waals surface area contributed by atoms with Gasteiger partial charge in [0.05, 0.1) is 0 Å². The summed E-state index contributed by atoms with van der Waals surface area (Å²) in [7, 11) is 0. The van der Waals surface area contributed by atoms with Crippen LogP contribution in [0, 0.1) is 5.92 Å². The highest BCUT2D eigenvalue weighted by molar-refractivity contribution is 4.96. The Kier molecular flexibility index (Phi) is 2.16. The Hall–Kier alpha value is -0.0400. The monoisotopic (exact) mass is 167 g/mol. The molecule has 70 valence electrons. The fourth-order valence-corrected chi connectivity index (χ4v) is 2.52. The van der Waals surface area contributed by atoms with E-state index in [4.69, 9.17) is 0 Å². The fourth-order valence-electron chi connectivity index (χ4n) is 2.52. The van der Waals surface area contributed by atoms with Crippen LogP contribution in [0.25, 0.3) is 0 Å². The first kappa shape index (κ1) is 8.55. The second-order valence-electron chi connectivity index (χ2n) is 5.12. The molecule has 2 rings (SSSR count). The van der Waals surface area contributed by atoms with E-state index in [1.54, 1.807) is 0 Å². The van der Waals surface area contributed by atoms with Crippen molar-refractivity contribution >= 4 is 0 Å². The molecule has 2 fully saturated rings. The van der Waals surface area contributed by atoms with Crippen molar-refractivity contribution in [3.8, 4) is 0 Å². The lowest BCUT2D eigenvalue weighted by molar-refractivity contribution is 0.297. The summed E-state index contributed by atoms with van der Waals surface area (Å²) in [5.41, 5.74) is 0.426. The normalized spacial score (nSPS) is 26.5. The molecule has 2 aliphatic carbocycles. The summed E-state index contributed by atoms with van der Waals surface area (Å²) in [6.07, 6.45) is 8.61. The average Bonchev–Trinajstić information content (AvgIpc) is 2.74. The molecule has 0 aliphatic heterocycles. The molecule has 2 aliphatic rings. The van der Waals surface area contributed by atoms with Crippen molar-refractivity contribution in [2.45, 2.75) is 64.0 Å². The number of hydrogen-bond donors (Lipinski definition) is 1. The fraction of sp³-hybridized carbons (Fsp3) is 1.00. The molecule has 0 aromatic carbocycles. The SMILES string of the molecule is CC(C)(NC1CCCC1)C1CC1. The van der Waals surface area contributed by atoms with Crippen LogP contribution in [0.3, 0.4) is 0 Å². The summed E-state index contributed by atoms with van der Waals surface area (Å²) in [4.78, 5) is 0. The first-order valence-electron chi connectivity index (χ1n) is 5.46. The van der Waals surface area contributed by atoms with Crippen LogP contribution in [0.2, 0.25) is 0 Å². The quantitative estimate of drug-likeness (QED) is 0.681. The summed E-state index contributed by atoms with van der Waals surface area (Å²) in [6.45, 7) is 4.76. The van der Waals surface area contributed by atoms with E-state index in [0.717, 1.165) is 12.0 Å². The van der Waals surface area contributed by atoms with Gasteiger partial charge in [0.25, 0.3) is 0 Å². The third kappa shape index (κ3) is 1.82. The Bertz CT molecular complexity index is 152. The van der Waals surface area contributed by atoms with Crippen LogP contribution in [0.5, 0.6) is 0 Å². The van der Waals surface area contributed by atoms with Crippen molar-refractivity contribution in [2.24, 2.45) is 5.92 Å². The Balaban J connectivity index is 1.83. The maximum absolute atomic E-state index is 3.82. The Morgan fingerprint density at radius 2 is 1.58 bits per heavy atom. The van der Waals surface area contributed by atoms with Gasteiger partial charge in [0.1, 0.15) is 0 Å². The largest absolute Gasteiger partial charge is 0.309 e. The van der Waals surface area contributed by atoms with Gasteiger partial charge in [-0.05, 0) is 45.4 Å². The highest BCUT2D eigenvalue weighted by Gasteiger charge is 2.38. The Labute approximate surface area is 75.9 Å².